The van der Waals surface area contributed by atoms with Gasteiger partial charge in [0, 0.05) is 23.6 Å². The maximum atomic E-state index is 10.3. The van der Waals surface area contributed by atoms with Crippen molar-refractivity contribution >= 4 is 6.29 Å². The van der Waals surface area contributed by atoms with Gasteiger partial charge in [0.2, 0.25) is 6.29 Å². The van der Waals surface area contributed by atoms with Crippen LogP contribution in [0.1, 0.15) is 5.56 Å². The van der Waals surface area contributed by atoms with Gasteiger partial charge in [0.15, 0.2) is 0 Å². The summed E-state index contributed by atoms with van der Waals surface area (Å²) in [5, 5.41) is 0. The highest BCUT2D eigenvalue weighted by molar-refractivity contribution is 5.75. The first-order chi connectivity index (χ1) is 6.40. The minimum atomic E-state index is 0.580. The van der Waals surface area contributed by atoms with E-state index in [-0.39, 0.29) is 0 Å². The molecule has 2 heteroatoms. The molecule has 0 bridgehead atoms. The average Bonchev–Trinajstić information content (AvgIpc) is 2.71. The predicted molar refractivity (Wildman–Crippen MR) is 50.6 cm³/mol. The van der Waals surface area contributed by atoms with Crippen molar-refractivity contribution in [2.45, 2.75) is 0 Å². The number of aromatic nitrogens is 1. The molecule has 2 rings (SSSR count). The van der Waals surface area contributed by atoms with E-state index in [1.807, 2.05) is 47.5 Å². The number of carbonyl (C=O) groups excluding carboxylic acids is 1. The molecule has 0 aliphatic heterocycles. The summed E-state index contributed by atoms with van der Waals surface area (Å²) in [6.45, 7) is 0. The number of benzene rings is 1. The van der Waals surface area contributed by atoms with Crippen molar-refractivity contribution in [2.24, 2.45) is 0 Å². The lowest BCUT2D eigenvalue weighted by Gasteiger charge is -2.01. The van der Waals surface area contributed by atoms with Crippen LogP contribution >= 0.6 is 0 Å². The first-order valence-corrected chi connectivity index (χ1v) is 4.02. The molecule has 0 saturated heterocycles. The van der Waals surface area contributed by atoms with Crippen LogP contribution in [0.3, 0.4) is 0 Å². The van der Waals surface area contributed by atoms with Crippen molar-refractivity contribution in [2.75, 3.05) is 0 Å². The van der Waals surface area contributed by atoms with Crippen molar-refractivity contribution in [1.82, 2.24) is 4.57 Å². The Morgan fingerprint density at radius 3 is 2.15 bits per heavy atom. The largest absolute Gasteiger partial charge is 0.324 e. The Balaban J connectivity index is 2.38. The SMILES string of the molecule is O=[C]c1ccc(-n2cccc2)cc1. The molecule has 0 unspecified atom stereocenters. The summed E-state index contributed by atoms with van der Waals surface area (Å²) in [5.74, 6) is 0. The number of rotatable bonds is 2. The molecular formula is C11H8NO. The van der Waals surface area contributed by atoms with Crippen LogP contribution in [-0.2, 0) is 4.79 Å². The summed E-state index contributed by atoms with van der Waals surface area (Å²) < 4.78 is 1.98. The van der Waals surface area contributed by atoms with Gasteiger partial charge < -0.3 is 4.57 Å². The highest BCUT2D eigenvalue weighted by Crippen LogP contribution is 2.08. The summed E-state index contributed by atoms with van der Waals surface area (Å²) in [4.78, 5) is 10.3. The van der Waals surface area contributed by atoms with Gasteiger partial charge in [-0.1, -0.05) is 0 Å². The molecule has 1 radical (unpaired) electrons. The molecule has 0 amide bonds. The third kappa shape index (κ3) is 1.51. The third-order valence-electron chi connectivity index (χ3n) is 1.89. The number of nitrogens with zero attached hydrogens (tertiary/aromatic N) is 1. The van der Waals surface area contributed by atoms with Crippen LogP contribution in [0, 0.1) is 0 Å². The molecule has 1 heterocycles. The normalized spacial score (nSPS) is 9.85. The van der Waals surface area contributed by atoms with Crippen molar-refractivity contribution in [3.8, 4) is 5.69 Å². The van der Waals surface area contributed by atoms with Crippen LogP contribution in [0.5, 0.6) is 0 Å². The fraction of sp³-hybridized carbons (Fsp3) is 0. The molecule has 0 spiro atoms. The van der Waals surface area contributed by atoms with E-state index in [0.717, 1.165) is 5.69 Å². The molecule has 0 saturated carbocycles. The molecule has 63 valence electrons. The Morgan fingerprint density at radius 2 is 1.62 bits per heavy atom. The predicted octanol–water partition coefficient (Wildman–Crippen LogP) is 1.94. The van der Waals surface area contributed by atoms with Crippen LogP contribution in [-0.4, -0.2) is 10.9 Å². The monoisotopic (exact) mass is 170 g/mol. The molecule has 2 nitrogen and oxygen atoms in total. The van der Waals surface area contributed by atoms with E-state index in [1.165, 1.54) is 0 Å². The van der Waals surface area contributed by atoms with Crippen LogP contribution in [0.4, 0.5) is 0 Å². The summed E-state index contributed by atoms with van der Waals surface area (Å²) in [7, 11) is 0. The topological polar surface area (TPSA) is 22.0 Å². The summed E-state index contributed by atoms with van der Waals surface area (Å²) >= 11 is 0. The highest BCUT2D eigenvalue weighted by atomic mass is 16.1. The zero-order valence-corrected chi connectivity index (χ0v) is 6.97. The van der Waals surface area contributed by atoms with Gasteiger partial charge in [-0.3, -0.25) is 4.79 Å². The van der Waals surface area contributed by atoms with Crippen LogP contribution < -0.4 is 0 Å². The average molecular weight is 170 g/mol. The van der Waals surface area contributed by atoms with Gasteiger partial charge in [-0.15, -0.1) is 0 Å². The molecule has 0 aliphatic carbocycles. The highest BCUT2D eigenvalue weighted by Gasteiger charge is 1.94. The molecule has 2 aromatic rings. The summed E-state index contributed by atoms with van der Waals surface area (Å²) in [6.07, 6.45) is 5.76. The van der Waals surface area contributed by atoms with Gasteiger partial charge in [0.05, 0.1) is 0 Å². The van der Waals surface area contributed by atoms with E-state index in [2.05, 4.69) is 0 Å². The first kappa shape index (κ1) is 7.80. The smallest absolute Gasteiger partial charge is 0.233 e. The van der Waals surface area contributed by atoms with E-state index in [1.54, 1.807) is 12.1 Å². The third-order valence-corrected chi connectivity index (χ3v) is 1.89. The second-order valence-corrected chi connectivity index (χ2v) is 2.74. The second kappa shape index (κ2) is 3.27. The Hall–Kier alpha value is -1.83. The van der Waals surface area contributed by atoms with E-state index in [0.29, 0.717) is 5.56 Å². The number of hydrogen-bond acceptors (Lipinski definition) is 1. The van der Waals surface area contributed by atoms with E-state index in [9.17, 15) is 4.79 Å². The Bertz CT molecular complexity index is 387. The summed E-state index contributed by atoms with van der Waals surface area (Å²) in [6, 6.07) is 11.2. The fourth-order valence-corrected chi connectivity index (χ4v) is 1.21. The van der Waals surface area contributed by atoms with Crippen molar-refractivity contribution < 1.29 is 4.79 Å². The van der Waals surface area contributed by atoms with Gasteiger partial charge in [-0.25, -0.2) is 0 Å². The van der Waals surface area contributed by atoms with Crippen molar-refractivity contribution in [3.05, 3.63) is 54.4 Å². The quantitative estimate of drug-likeness (QED) is 0.675. The van der Waals surface area contributed by atoms with E-state index < -0.39 is 0 Å². The molecule has 0 atom stereocenters. The van der Waals surface area contributed by atoms with Gasteiger partial charge in [-0.05, 0) is 36.4 Å². The van der Waals surface area contributed by atoms with E-state index >= 15 is 0 Å². The van der Waals surface area contributed by atoms with Gasteiger partial charge in [0.1, 0.15) is 0 Å². The summed E-state index contributed by atoms with van der Waals surface area (Å²) in [5.41, 5.74) is 1.62. The Kier molecular flexibility index (Phi) is 1.96. The zero-order valence-electron chi connectivity index (χ0n) is 6.97. The van der Waals surface area contributed by atoms with Crippen LogP contribution in [0.15, 0.2) is 48.8 Å². The van der Waals surface area contributed by atoms with Gasteiger partial charge in [-0.2, -0.15) is 0 Å². The lowest BCUT2D eigenvalue weighted by Crippen LogP contribution is -1.89. The maximum absolute atomic E-state index is 10.3. The van der Waals surface area contributed by atoms with E-state index in [4.69, 9.17) is 0 Å². The molecular weight excluding hydrogens is 162 g/mol. The fourth-order valence-electron chi connectivity index (χ4n) is 1.21. The van der Waals surface area contributed by atoms with Crippen molar-refractivity contribution in [3.63, 3.8) is 0 Å². The van der Waals surface area contributed by atoms with Gasteiger partial charge >= 0.3 is 0 Å². The molecule has 1 aromatic heterocycles. The molecule has 0 aliphatic rings. The molecule has 0 fully saturated rings. The molecule has 13 heavy (non-hydrogen) atoms. The Labute approximate surface area is 76.4 Å². The minimum Gasteiger partial charge on any atom is -0.324 e. The maximum Gasteiger partial charge on any atom is 0.233 e. The number of hydrogen-bond donors (Lipinski definition) is 0. The van der Waals surface area contributed by atoms with Crippen LogP contribution in [0.25, 0.3) is 5.69 Å². The standard InChI is InChI=1S/C11H8NO/c13-9-10-3-5-11(6-4-10)12-7-1-2-8-12/h1-8H. The Morgan fingerprint density at radius 1 is 1.00 bits per heavy atom. The molecule has 1 aromatic carbocycles. The zero-order chi connectivity index (χ0) is 9.10. The minimum absolute atomic E-state index is 0.580. The second-order valence-electron chi connectivity index (χ2n) is 2.74. The van der Waals surface area contributed by atoms with Crippen LogP contribution in [0.2, 0.25) is 0 Å². The van der Waals surface area contributed by atoms with Crippen molar-refractivity contribution in [1.29, 1.82) is 0 Å². The lowest BCUT2D eigenvalue weighted by atomic mass is 10.2. The first-order valence-electron chi connectivity index (χ1n) is 4.02. The molecule has 0 N–H and O–H groups in total. The lowest BCUT2D eigenvalue weighted by molar-refractivity contribution is 0.563. The van der Waals surface area contributed by atoms with Gasteiger partial charge in [0.25, 0.3) is 0 Å².